The standard InChI is InChI=1S/C23H26N2O3/c1-18-22(27)25(20-9-5-6-10-21(20)26)17-23(28-18)12-15-24(16-13-23)14-11-19-7-3-2-4-8-19/h2-10,26H,1,11-17H2. The summed E-state index contributed by atoms with van der Waals surface area (Å²) in [6.45, 7) is 7.13. The smallest absolute Gasteiger partial charge is 0.292 e. The van der Waals surface area contributed by atoms with Gasteiger partial charge in [0.25, 0.3) is 5.91 Å². The molecule has 28 heavy (non-hydrogen) atoms. The van der Waals surface area contributed by atoms with Gasteiger partial charge in [-0.2, -0.15) is 0 Å². The van der Waals surface area contributed by atoms with Crippen LogP contribution in [0.3, 0.4) is 0 Å². The zero-order valence-electron chi connectivity index (χ0n) is 16.0. The molecule has 0 saturated carbocycles. The summed E-state index contributed by atoms with van der Waals surface area (Å²) in [5.74, 6) is -0.0214. The van der Waals surface area contributed by atoms with Crippen molar-refractivity contribution >= 4 is 11.6 Å². The molecule has 0 unspecified atom stereocenters. The van der Waals surface area contributed by atoms with Crippen LogP contribution in [-0.2, 0) is 16.0 Å². The number of aromatic hydroxyl groups is 1. The van der Waals surface area contributed by atoms with E-state index in [1.54, 1.807) is 23.1 Å². The molecule has 1 spiro atoms. The second kappa shape index (κ2) is 7.68. The summed E-state index contributed by atoms with van der Waals surface area (Å²) in [6, 6.07) is 17.4. The summed E-state index contributed by atoms with van der Waals surface area (Å²) < 4.78 is 6.04. The van der Waals surface area contributed by atoms with Gasteiger partial charge in [-0.05, 0) is 24.1 Å². The number of para-hydroxylation sites is 2. The Bertz CT molecular complexity index is 857. The van der Waals surface area contributed by atoms with Crippen LogP contribution >= 0.6 is 0 Å². The summed E-state index contributed by atoms with van der Waals surface area (Å²) in [4.78, 5) is 16.7. The van der Waals surface area contributed by atoms with Crippen molar-refractivity contribution < 1.29 is 14.6 Å². The van der Waals surface area contributed by atoms with Crippen LogP contribution in [-0.4, -0.2) is 47.7 Å². The molecule has 2 aliphatic heterocycles. The van der Waals surface area contributed by atoms with Gasteiger partial charge in [0.1, 0.15) is 11.4 Å². The van der Waals surface area contributed by atoms with Crippen molar-refractivity contribution in [1.29, 1.82) is 0 Å². The molecular weight excluding hydrogens is 352 g/mol. The number of rotatable bonds is 4. The maximum absolute atomic E-state index is 12.6. The Morgan fingerprint density at radius 3 is 2.43 bits per heavy atom. The number of phenols is 1. The molecule has 5 nitrogen and oxygen atoms in total. The molecule has 146 valence electrons. The summed E-state index contributed by atoms with van der Waals surface area (Å²) in [6.07, 6.45) is 2.69. The predicted octanol–water partition coefficient (Wildman–Crippen LogP) is 3.35. The van der Waals surface area contributed by atoms with Gasteiger partial charge in [0, 0.05) is 32.5 Å². The minimum atomic E-state index is -0.434. The van der Waals surface area contributed by atoms with Crippen LogP contribution < -0.4 is 4.90 Å². The zero-order chi connectivity index (χ0) is 19.6. The molecule has 5 heteroatoms. The molecule has 2 aromatic carbocycles. The van der Waals surface area contributed by atoms with Gasteiger partial charge < -0.3 is 14.7 Å². The highest BCUT2D eigenvalue weighted by Crippen LogP contribution is 2.38. The molecule has 0 aliphatic carbocycles. The van der Waals surface area contributed by atoms with E-state index >= 15 is 0 Å². The van der Waals surface area contributed by atoms with Gasteiger partial charge in [0.15, 0.2) is 5.76 Å². The van der Waals surface area contributed by atoms with Gasteiger partial charge in [0.2, 0.25) is 0 Å². The van der Waals surface area contributed by atoms with E-state index in [0.717, 1.165) is 38.9 Å². The molecule has 2 aliphatic rings. The van der Waals surface area contributed by atoms with Crippen molar-refractivity contribution in [3.05, 3.63) is 72.5 Å². The number of hydrogen-bond donors (Lipinski definition) is 1. The van der Waals surface area contributed by atoms with E-state index in [1.165, 1.54) is 5.56 Å². The summed E-state index contributed by atoms with van der Waals surface area (Å²) in [5.41, 5.74) is 1.43. The number of amides is 1. The highest BCUT2D eigenvalue weighted by atomic mass is 16.5. The molecule has 2 aromatic rings. The molecule has 0 bridgehead atoms. The fraction of sp³-hybridized carbons (Fsp3) is 0.348. The highest BCUT2D eigenvalue weighted by molar-refractivity contribution is 6.05. The van der Waals surface area contributed by atoms with Gasteiger partial charge in [-0.15, -0.1) is 0 Å². The Kier molecular flexibility index (Phi) is 5.09. The third-order valence-corrected chi connectivity index (χ3v) is 5.77. The quantitative estimate of drug-likeness (QED) is 0.829. The number of phenolic OH excluding ortho intramolecular Hbond substituents is 1. The summed E-state index contributed by atoms with van der Waals surface area (Å²) in [5, 5.41) is 10.2. The van der Waals surface area contributed by atoms with Gasteiger partial charge >= 0.3 is 0 Å². The van der Waals surface area contributed by atoms with Crippen molar-refractivity contribution in [1.82, 2.24) is 4.90 Å². The fourth-order valence-electron chi connectivity index (χ4n) is 4.11. The minimum absolute atomic E-state index is 0.0981. The van der Waals surface area contributed by atoms with E-state index in [1.807, 2.05) is 12.1 Å². The summed E-state index contributed by atoms with van der Waals surface area (Å²) >= 11 is 0. The van der Waals surface area contributed by atoms with Crippen LogP contribution in [0.15, 0.2) is 66.9 Å². The third-order valence-electron chi connectivity index (χ3n) is 5.77. The van der Waals surface area contributed by atoms with Crippen molar-refractivity contribution in [3.63, 3.8) is 0 Å². The molecule has 4 rings (SSSR count). The maximum atomic E-state index is 12.6. The molecule has 2 heterocycles. The molecule has 1 amide bonds. The largest absolute Gasteiger partial charge is 0.506 e. The Labute approximate surface area is 165 Å². The Hall–Kier alpha value is -2.79. The predicted molar refractivity (Wildman–Crippen MR) is 109 cm³/mol. The molecule has 0 radical (unpaired) electrons. The van der Waals surface area contributed by atoms with Gasteiger partial charge in [-0.1, -0.05) is 49.0 Å². The van der Waals surface area contributed by atoms with Crippen LogP contribution in [0.4, 0.5) is 5.69 Å². The molecule has 0 aromatic heterocycles. The second-order valence-corrected chi connectivity index (χ2v) is 7.67. The number of carbonyl (C=O) groups excluding carboxylic acids is 1. The van der Waals surface area contributed by atoms with Crippen molar-refractivity contribution in [2.75, 3.05) is 31.1 Å². The third kappa shape index (κ3) is 3.76. The molecule has 1 N–H and O–H groups in total. The first-order chi connectivity index (χ1) is 13.6. The topological polar surface area (TPSA) is 53.0 Å². The Morgan fingerprint density at radius 1 is 1.04 bits per heavy atom. The lowest BCUT2D eigenvalue weighted by Crippen LogP contribution is -2.58. The first-order valence-electron chi connectivity index (χ1n) is 9.80. The number of benzene rings is 2. The van der Waals surface area contributed by atoms with Crippen LogP contribution in [0.1, 0.15) is 18.4 Å². The highest BCUT2D eigenvalue weighted by Gasteiger charge is 2.45. The van der Waals surface area contributed by atoms with E-state index in [9.17, 15) is 9.90 Å². The average Bonchev–Trinajstić information content (AvgIpc) is 2.72. The number of carbonyl (C=O) groups is 1. The van der Waals surface area contributed by atoms with Crippen LogP contribution in [0, 0.1) is 0 Å². The molecule has 2 saturated heterocycles. The normalized spacial score (nSPS) is 19.6. The van der Waals surface area contributed by atoms with E-state index < -0.39 is 5.60 Å². The summed E-state index contributed by atoms with van der Waals surface area (Å²) in [7, 11) is 0. The second-order valence-electron chi connectivity index (χ2n) is 7.67. The average molecular weight is 378 g/mol. The first kappa shape index (κ1) is 18.6. The number of likely N-dealkylation sites (tertiary alicyclic amines) is 1. The van der Waals surface area contributed by atoms with Crippen molar-refractivity contribution in [2.45, 2.75) is 24.9 Å². The number of anilines is 1. The van der Waals surface area contributed by atoms with E-state index in [2.05, 4.69) is 35.7 Å². The first-order valence-corrected chi connectivity index (χ1v) is 9.80. The minimum Gasteiger partial charge on any atom is -0.506 e. The zero-order valence-corrected chi connectivity index (χ0v) is 16.0. The molecule has 2 fully saturated rings. The molecule has 0 atom stereocenters. The number of piperidine rings is 1. The van der Waals surface area contributed by atoms with Gasteiger partial charge in [-0.3, -0.25) is 9.69 Å². The van der Waals surface area contributed by atoms with Crippen LogP contribution in [0.5, 0.6) is 5.75 Å². The monoisotopic (exact) mass is 378 g/mol. The lowest BCUT2D eigenvalue weighted by atomic mass is 9.88. The number of ether oxygens (including phenoxy) is 1. The van der Waals surface area contributed by atoms with Crippen LogP contribution in [0.25, 0.3) is 0 Å². The Morgan fingerprint density at radius 2 is 1.71 bits per heavy atom. The van der Waals surface area contributed by atoms with Crippen molar-refractivity contribution in [3.8, 4) is 5.75 Å². The van der Waals surface area contributed by atoms with Crippen LogP contribution in [0.2, 0.25) is 0 Å². The SMILES string of the molecule is C=C1OC2(CCN(CCc3ccccc3)CC2)CN(c2ccccc2O)C1=O. The van der Waals surface area contributed by atoms with Gasteiger partial charge in [-0.25, -0.2) is 0 Å². The maximum Gasteiger partial charge on any atom is 0.292 e. The van der Waals surface area contributed by atoms with E-state index in [-0.39, 0.29) is 17.4 Å². The van der Waals surface area contributed by atoms with E-state index in [0.29, 0.717) is 12.2 Å². The lowest BCUT2D eigenvalue weighted by Gasteiger charge is -2.47. The Balaban J connectivity index is 1.42. The van der Waals surface area contributed by atoms with E-state index in [4.69, 9.17) is 4.74 Å². The number of morpholine rings is 1. The van der Waals surface area contributed by atoms with Gasteiger partial charge in [0.05, 0.1) is 12.2 Å². The van der Waals surface area contributed by atoms with Crippen molar-refractivity contribution in [2.24, 2.45) is 0 Å². The fourth-order valence-corrected chi connectivity index (χ4v) is 4.11. The molecular formula is C23H26N2O3. The lowest BCUT2D eigenvalue weighted by molar-refractivity contribution is -0.131. The number of hydrogen-bond acceptors (Lipinski definition) is 4. The number of nitrogens with zero attached hydrogens (tertiary/aromatic N) is 2.